The number of carbonyl (C=O) groups is 2. The molecule has 0 saturated carbocycles. The largest absolute Gasteiger partial charge is 0.491 e. The van der Waals surface area contributed by atoms with Gasteiger partial charge in [0.05, 0.1) is 42.1 Å². The number of aliphatic hydroxyl groups is 1. The van der Waals surface area contributed by atoms with E-state index >= 15 is 0 Å². The Morgan fingerprint density at radius 1 is 1.35 bits per heavy atom. The van der Waals surface area contributed by atoms with E-state index in [1.807, 2.05) is 0 Å². The number of halogens is 1. The molecular weight excluding hydrogens is 447 g/mol. The van der Waals surface area contributed by atoms with Crippen LogP contribution in [-0.2, 0) is 27.5 Å². The molecule has 2 aromatic heterocycles. The van der Waals surface area contributed by atoms with Crippen LogP contribution < -0.4 is 21.3 Å². The lowest BCUT2D eigenvalue weighted by Crippen LogP contribution is -2.33. The van der Waals surface area contributed by atoms with E-state index in [1.165, 1.54) is 10.6 Å². The molecular formula is C23H21FN4O6. The van der Waals surface area contributed by atoms with Gasteiger partial charge >= 0.3 is 5.97 Å². The van der Waals surface area contributed by atoms with Gasteiger partial charge in [-0.1, -0.05) is 0 Å². The Morgan fingerprint density at radius 3 is 2.91 bits per heavy atom. The Labute approximate surface area is 192 Å². The predicted molar refractivity (Wildman–Crippen MR) is 118 cm³/mol. The highest BCUT2D eigenvalue weighted by molar-refractivity contribution is 5.92. The van der Waals surface area contributed by atoms with Crippen LogP contribution in [0.3, 0.4) is 0 Å². The van der Waals surface area contributed by atoms with Gasteiger partial charge in [0.2, 0.25) is 5.91 Å². The number of cyclic esters (lactones) is 1. The summed E-state index contributed by atoms with van der Waals surface area (Å²) in [4.78, 5) is 41.0. The molecule has 0 unspecified atom stereocenters. The van der Waals surface area contributed by atoms with Crippen molar-refractivity contribution in [2.24, 2.45) is 5.73 Å². The highest BCUT2D eigenvalue weighted by Crippen LogP contribution is 2.42. The monoisotopic (exact) mass is 468 g/mol. The minimum Gasteiger partial charge on any atom is -0.491 e. The number of carbonyl (C=O) groups excluding carboxylic acids is 2. The Kier molecular flexibility index (Phi) is 5.29. The third-order valence-corrected chi connectivity index (χ3v) is 6.04. The molecule has 0 radical (unpaired) electrons. The zero-order chi connectivity index (χ0) is 24.1. The van der Waals surface area contributed by atoms with Crippen molar-refractivity contribution in [3.05, 3.63) is 56.6 Å². The maximum Gasteiger partial charge on any atom is 0.340 e. The number of hydrogen-bond donors (Lipinski definition) is 3. The zero-order valence-corrected chi connectivity index (χ0v) is 18.2. The van der Waals surface area contributed by atoms with Crippen LogP contribution in [0.15, 0.2) is 23.0 Å². The summed E-state index contributed by atoms with van der Waals surface area (Å²) in [6.45, 7) is 1.68. The summed E-state index contributed by atoms with van der Waals surface area (Å²) in [5.74, 6) is -1.19. The molecule has 3 aromatic rings. The number of hydrogen-bond acceptors (Lipinski definition) is 8. The lowest BCUT2D eigenvalue weighted by Gasteiger charge is -2.21. The van der Waals surface area contributed by atoms with Crippen molar-refractivity contribution in [3.63, 3.8) is 0 Å². The van der Waals surface area contributed by atoms with Crippen LogP contribution in [-0.4, -0.2) is 46.2 Å². The van der Waals surface area contributed by atoms with E-state index in [0.29, 0.717) is 39.2 Å². The van der Waals surface area contributed by atoms with E-state index in [9.17, 15) is 23.9 Å². The highest BCUT2D eigenvalue weighted by atomic mass is 19.1. The van der Waals surface area contributed by atoms with E-state index in [0.717, 1.165) is 0 Å². The van der Waals surface area contributed by atoms with E-state index in [1.54, 1.807) is 19.1 Å². The second kappa shape index (κ2) is 8.19. The first-order valence-corrected chi connectivity index (χ1v) is 10.6. The lowest BCUT2D eigenvalue weighted by molar-refractivity contribution is -0.157. The fourth-order valence-corrected chi connectivity index (χ4v) is 4.30. The summed E-state index contributed by atoms with van der Waals surface area (Å²) in [7, 11) is 0. The molecule has 0 bridgehead atoms. The second-order valence-corrected chi connectivity index (χ2v) is 8.15. The first-order chi connectivity index (χ1) is 16.3. The van der Waals surface area contributed by atoms with Crippen LogP contribution in [0.4, 0.5) is 4.39 Å². The molecule has 5 rings (SSSR count). The summed E-state index contributed by atoms with van der Waals surface area (Å²) in [5, 5.41) is 13.5. The van der Waals surface area contributed by atoms with Gasteiger partial charge in [-0.05, 0) is 24.6 Å². The van der Waals surface area contributed by atoms with Crippen molar-refractivity contribution >= 4 is 22.8 Å². The molecule has 10 nitrogen and oxygen atoms in total. The Bertz CT molecular complexity index is 1430. The molecule has 4 heterocycles. The molecule has 34 heavy (non-hydrogen) atoms. The van der Waals surface area contributed by atoms with Gasteiger partial charge in [0.15, 0.2) is 6.10 Å². The molecule has 0 saturated heterocycles. The van der Waals surface area contributed by atoms with E-state index in [2.05, 4.69) is 10.3 Å². The van der Waals surface area contributed by atoms with Crippen LogP contribution >= 0.6 is 0 Å². The molecule has 1 atom stereocenters. The second-order valence-electron chi connectivity index (χ2n) is 8.15. The van der Waals surface area contributed by atoms with Gasteiger partial charge in [-0.25, -0.2) is 14.2 Å². The molecule has 11 heteroatoms. The average molecular weight is 468 g/mol. The predicted octanol–water partition coefficient (Wildman–Crippen LogP) is 0.417. The summed E-state index contributed by atoms with van der Waals surface area (Å²) in [6.07, 6.45) is -1.58. The van der Waals surface area contributed by atoms with Crippen molar-refractivity contribution in [1.82, 2.24) is 14.9 Å². The number of fused-ring (bicyclic) bond motifs is 5. The van der Waals surface area contributed by atoms with Gasteiger partial charge in [0.1, 0.15) is 24.8 Å². The Hall–Kier alpha value is -3.83. The number of nitrogens with one attached hydrogen (secondary N) is 1. The zero-order valence-electron chi connectivity index (χ0n) is 18.2. The van der Waals surface area contributed by atoms with Crippen molar-refractivity contribution < 1.29 is 28.6 Å². The van der Waals surface area contributed by atoms with Gasteiger partial charge in [-0.3, -0.25) is 9.59 Å². The number of nitrogens with two attached hydrogens (primary N) is 1. The SMILES string of the molecule is Cc1cc2c(OCCNC(=O)CN)c3c(nc2cc1F)-c1cc2c(c(=O)n1C3)COC(=O)[C@H]2O. The molecule has 176 valence electrons. The number of pyridine rings is 2. The third-order valence-electron chi connectivity index (χ3n) is 6.04. The number of rotatable bonds is 5. The summed E-state index contributed by atoms with van der Waals surface area (Å²) < 4.78 is 26.8. The Balaban J connectivity index is 1.65. The number of aromatic nitrogens is 2. The quantitative estimate of drug-likeness (QED) is 0.282. The topological polar surface area (TPSA) is 146 Å². The summed E-state index contributed by atoms with van der Waals surface area (Å²) >= 11 is 0. The molecule has 0 spiro atoms. The maximum absolute atomic E-state index is 14.4. The fourth-order valence-electron chi connectivity index (χ4n) is 4.30. The van der Waals surface area contributed by atoms with Crippen molar-refractivity contribution in [2.45, 2.75) is 26.2 Å². The molecule has 0 fully saturated rings. The normalized spacial score (nSPS) is 16.0. The fraction of sp³-hybridized carbons (Fsp3) is 0.304. The third kappa shape index (κ3) is 3.40. The van der Waals surface area contributed by atoms with Crippen molar-refractivity contribution in [2.75, 3.05) is 19.7 Å². The number of ether oxygens (including phenoxy) is 2. The molecule has 1 aromatic carbocycles. The smallest absolute Gasteiger partial charge is 0.340 e. The highest BCUT2D eigenvalue weighted by Gasteiger charge is 2.35. The molecule has 2 aliphatic rings. The van der Waals surface area contributed by atoms with Gasteiger partial charge in [0, 0.05) is 22.6 Å². The average Bonchev–Trinajstić information content (AvgIpc) is 3.18. The number of aliphatic hydroxyl groups excluding tert-OH is 1. The van der Waals surface area contributed by atoms with Crippen LogP contribution in [0, 0.1) is 12.7 Å². The number of nitrogens with zero attached hydrogens (tertiary/aromatic N) is 2. The summed E-state index contributed by atoms with van der Waals surface area (Å²) in [6, 6.07) is 4.46. The van der Waals surface area contributed by atoms with E-state index < -0.39 is 23.4 Å². The van der Waals surface area contributed by atoms with Gasteiger partial charge in [-0.15, -0.1) is 0 Å². The van der Waals surface area contributed by atoms with Gasteiger partial charge in [0.25, 0.3) is 5.56 Å². The van der Waals surface area contributed by atoms with Crippen molar-refractivity contribution in [1.29, 1.82) is 0 Å². The molecule has 2 aliphatic heterocycles. The number of benzene rings is 1. The lowest BCUT2D eigenvalue weighted by atomic mass is 10.00. The van der Waals surface area contributed by atoms with Gasteiger partial charge in [-0.2, -0.15) is 0 Å². The minimum absolute atomic E-state index is 0.108. The van der Waals surface area contributed by atoms with Crippen LogP contribution in [0.25, 0.3) is 22.3 Å². The van der Waals surface area contributed by atoms with Crippen LogP contribution in [0.2, 0.25) is 0 Å². The van der Waals surface area contributed by atoms with Gasteiger partial charge < -0.3 is 30.2 Å². The first-order valence-electron chi connectivity index (χ1n) is 10.6. The Morgan fingerprint density at radius 2 is 2.15 bits per heavy atom. The van der Waals surface area contributed by atoms with E-state index in [-0.39, 0.29) is 49.9 Å². The number of aryl methyl sites for hydroxylation is 1. The minimum atomic E-state index is -1.58. The van der Waals surface area contributed by atoms with Crippen LogP contribution in [0.1, 0.15) is 28.4 Å². The number of amides is 1. The molecule has 1 amide bonds. The maximum atomic E-state index is 14.4. The van der Waals surface area contributed by atoms with Crippen molar-refractivity contribution in [3.8, 4) is 17.1 Å². The molecule has 4 N–H and O–H groups in total. The summed E-state index contributed by atoms with van der Waals surface area (Å²) in [5.41, 5.74) is 7.36. The number of esters is 1. The molecule has 0 aliphatic carbocycles. The first kappa shape index (κ1) is 22.0. The van der Waals surface area contributed by atoms with E-state index in [4.69, 9.17) is 15.2 Å². The van der Waals surface area contributed by atoms with Crippen LogP contribution in [0.5, 0.6) is 5.75 Å². The standard InChI is InChI=1S/C23H21FN4O6/c1-10-4-12-16(6-15(10)24)27-19-13(21(12)33-3-2-26-18(29)7-25)8-28-17(19)5-11-14(22(28)31)9-34-23(32)20(11)30/h4-6,20,30H,2-3,7-9,25H2,1H3,(H,26,29)/t20-/m0/s1.